The minimum absolute atomic E-state index is 0.229. The van der Waals surface area contributed by atoms with Crippen LogP contribution in [-0.2, 0) is 16.3 Å². The van der Waals surface area contributed by atoms with Crippen LogP contribution in [0.4, 0.5) is 0 Å². The fraction of sp³-hybridized carbons (Fsp3) is 0.217. The monoisotopic (exact) mass is 445 g/mol. The lowest BCUT2D eigenvalue weighted by Gasteiger charge is -2.12. The molecule has 0 aliphatic heterocycles. The van der Waals surface area contributed by atoms with Gasteiger partial charge in [-0.2, -0.15) is 0 Å². The smallest absolute Gasteiger partial charge is 0.206 e. The Labute approximate surface area is 182 Å². The summed E-state index contributed by atoms with van der Waals surface area (Å²) in [5.74, 6) is 0.609. The van der Waals surface area contributed by atoms with Gasteiger partial charge in [0, 0.05) is 11.6 Å². The number of ether oxygens (including phenoxy) is 1. The number of hydrogen-bond acceptors (Lipinski definition) is 5. The Hall–Kier alpha value is -2.38. The van der Waals surface area contributed by atoms with Crippen LogP contribution in [0.2, 0.25) is 5.02 Å². The van der Waals surface area contributed by atoms with Crippen LogP contribution < -0.4 is 10.1 Å². The van der Waals surface area contributed by atoms with E-state index in [2.05, 4.69) is 5.32 Å². The predicted molar refractivity (Wildman–Crippen MR) is 118 cm³/mol. The van der Waals surface area contributed by atoms with Crippen molar-refractivity contribution < 1.29 is 18.3 Å². The molecule has 0 fully saturated rings. The highest BCUT2D eigenvalue weighted by Crippen LogP contribution is 2.23. The maximum absolute atomic E-state index is 12.7. The Morgan fingerprint density at radius 1 is 1.00 bits per heavy atom. The maximum Gasteiger partial charge on any atom is 0.206 e. The summed E-state index contributed by atoms with van der Waals surface area (Å²) in [6, 6.07) is 20.4. The number of benzene rings is 3. The molecule has 158 valence electrons. The SMILES string of the molecule is COc1ccc(S(=O)(=O)c2ccc(CCNC[C@H](O)c3cccc(Cl)c3)cc2)cc1. The third-order valence-electron chi connectivity index (χ3n) is 4.76. The number of hydrogen-bond donors (Lipinski definition) is 2. The van der Waals surface area contributed by atoms with Gasteiger partial charge in [-0.25, -0.2) is 8.42 Å². The molecule has 0 unspecified atom stereocenters. The van der Waals surface area contributed by atoms with E-state index in [1.807, 2.05) is 24.3 Å². The molecule has 0 saturated heterocycles. The maximum atomic E-state index is 12.7. The second-order valence-corrected chi connectivity index (χ2v) is 9.23. The van der Waals surface area contributed by atoms with E-state index >= 15 is 0 Å². The molecule has 0 heterocycles. The zero-order chi connectivity index (χ0) is 21.6. The van der Waals surface area contributed by atoms with Crippen molar-refractivity contribution in [2.45, 2.75) is 22.3 Å². The lowest BCUT2D eigenvalue weighted by molar-refractivity contribution is 0.175. The van der Waals surface area contributed by atoms with E-state index in [1.54, 1.807) is 36.4 Å². The summed E-state index contributed by atoms with van der Waals surface area (Å²) in [5, 5.41) is 14.0. The number of methoxy groups -OCH3 is 1. The summed E-state index contributed by atoms with van der Waals surface area (Å²) in [5.41, 5.74) is 1.77. The molecule has 5 nitrogen and oxygen atoms in total. The van der Waals surface area contributed by atoms with Gasteiger partial charge < -0.3 is 15.2 Å². The van der Waals surface area contributed by atoms with Gasteiger partial charge in [-0.15, -0.1) is 0 Å². The average Bonchev–Trinajstić information content (AvgIpc) is 2.77. The van der Waals surface area contributed by atoms with Crippen molar-refractivity contribution in [3.63, 3.8) is 0 Å². The minimum Gasteiger partial charge on any atom is -0.497 e. The van der Waals surface area contributed by atoms with Crippen molar-refractivity contribution >= 4 is 21.4 Å². The van der Waals surface area contributed by atoms with Gasteiger partial charge in [0.1, 0.15) is 5.75 Å². The highest BCUT2D eigenvalue weighted by atomic mass is 35.5. The molecule has 0 aliphatic rings. The number of rotatable bonds is 9. The van der Waals surface area contributed by atoms with E-state index in [0.29, 0.717) is 30.3 Å². The predicted octanol–water partition coefficient (Wildman–Crippen LogP) is 4.05. The quantitative estimate of drug-likeness (QED) is 0.486. The van der Waals surface area contributed by atoms with Crippen LogP contribution in [0.15, 0.2) is 82.6 Å². The third-order valence-corrected chi connectivity index (χ3v) is 6.79. The van der Waals surface area contributed by atoms with E-state index in [1.165, 1.54) is 19.2 Å². The molecule has 2 N–H and O–H groups in total. The fourth-order valence-corrected chi connectivity index (χ4v) is 4.49. The van der Waals surface area contributed by atoms with Crippen molar-refractivity contribution in [1.29, 1.82) is 0 Å². The average molecular weight is 446 g/mol. The molecule has 1 atom stereocenters. The Bertz CT molecular complexity index is 1070. The Kier molecular flexibility index (Phi) is 7.50. The van der Waals surface area contributed by atoms with Crippen molar-refractivity contribution in [3.05, 3.63) is 88.9 Å². The Balaban J connectivity index is 1.54. The normalized spacial score (nSPS) is 12.5. The second-order valence-electron chi connectivity index (χ2n) is 6.85. The van der Waals surface area contributed by atoms with E-state index in [-0.39, 0.29) is 9.79 Å². The summed E-state index contributed by atoms with van der Waals surface area (Å²) in [4.78, 5) is 0.480. The summed E-state index contributed by atoms with van der Waals surface area (Å²) >= 11 is 5.95. The first-order chi connectivity index (χ1) is 14.4. The lowest BCUT2D eigenvalue weighted by Crippen LogP contribution is -2.23. The standard InChI is InChI=1S/C23H24ClNO4S/c1-29-20-7-11-22(12-8-20)30(27,28)21-9-5-17(6-10-21)13-14-25-16-23(26)18-3-2-4-19(24)15-18/h2-12,15,23,25-26H,13-14,16H2,1H3/t23-/m0/s1. The van der Waals surface area contributed by atoms with Gasteiger partial charge >= 0.3 is 0 Å². The van der Waals surface area contributed by atoms with Crippen molar-refractivity contribution in [2.24, 2.45) is 0 Å². The van der Waals surface area contributed by atoms with Gasteiger partial charge in [0.15, 0.2) is 0 Å². The van der Waals surface area contributed by atoms with Gasteiger partial charge in [0.25, 0.3) is 0 Å². The topological polar surface area (TPSA) is 75.6 Å². The van der Waals surface area contributed by atoms with Crippen LogP contribution in [0.5, 0.6) is 5.75 Å². The van der Waals surface area contributed by atoms with Crippen LogP contribution in [-0.4, -0.2) is 33.7 Å². The number of sulfone groups is 1. The van der Waals surface area contributed by atoms with Crippen molar-refractivity contribution in [3.8, 4) is 5.75 Å². The molecular weight excluding hydrogens is 422 g/mol. The van der Waals surface area contributed by atoms with E-state index in [0.717, 1.165) is 11.1 Å². The molecule has 3 aromatic carbocycles. The number of nitrogens with one attached hydrogen (secondary N) is 1. The van der Waals surface area contributed by atoms with Gasteiger partial charge in [0.2, 0.25) is 9.84 Å². The molecule has 0 radical (unpaired) electrons. The highest BCUT2D eigenvalue weighted by molar-refractivity contribution is 7.91. The number of aliphatic hydroxyl groups is 1. The molecule has 30 heavy (non-hydrogen) atoms. The molecule has 3 aromatic rings. The van der Waals surface area contributed by atoms with Crippen LogP contribution in [0.1, 0.15) is 17.2 Å². The van der Waals surface area contributed by atoms with E-state index in [4.69, 9.17) is 16.3 Å². The minimum atomic E-state index is -3.57. The number of aliphatic hydroxyl groups excluding tert-OH is 1. The van der Waals surface area contributed by atoms with Gasteiger partial charge in [-0.1, -0.05) is 35.9 Å². The summed E-state index contributed by atoms with van der Waals surface area (Å²) in [7, 11) is -2.03. The molecule has 0 bridgehead atoms. The summed E-state index contributed by atoms with van der Waals surface area (Å²) < 4.78 is 30.6. The van der Waals surface area contributed by atoms with E-state index < -0.39 is 15.9 Å². The molecule has 3 rings (SSSR count). The Morgan fingerprint density at radius 2 is 1.63 bits per heavy atom. The second kappa shape index (κ2) is 10.1. The fourth-order valence-electron chi connectivity index (χ4n) is 3.03. The summed E-state index contributed by atoms with van der Waals surface area (Å²) in [6.07, 6.45) is 0.0752. The summed E-state index contributed by atoms with van der Waals surface area (Å²) in [6.45, 7) is 1.06. The van der Waals surface area contributed by atoms with Gasteiger partial charge in [0.05, 0.1) is 23.0 Å². The third kappa shape index (κ3) is 5.61. The molecule has 0 aromatic heterocycles. The molecular formula is C23H24ClNO4S. The van der Waals surface area contributed by atoms with Gasteiger partial charge in [-0.3, -0.25) is 0 Å². The first-order valence-corrected chi connectivity index (χ1v) is 11.4. The molecule has 0 saturated carbocycles. The molecule has 0 spiro atoms. The Morgan fingerprint density at radius 3 is 2.23 bits per heavy atom. The molecule has 0 amide bonds. The van der Waals surface area contributed by atoms with E-state index in [9.17, 15) is 13.5 Å². The molecule has 0 aliphatic carbocycles. The van der Waals surface area contributed by atoms with Crippen LogP contribution >= 0.6 is 11.6 Å². The van der Waals surface area contributed by atoms with Crippen LogP contribution in [0.3, 0.4) is 0 Å². The highest BCUT2D eigenvalue weighted by Gasteiger charge is 2.17. The zero-order valence-electron chi connectivity index (χ0n) is 16.6. The van der Waals surface area contributed by atoms with Crippen LogP contribution in [0.25, 0.3) is 0 Å². The largest absolute Gasteiger partial charge is 0.497 e. The molecule has 7 heteroatoms. The lowest BCUT2D eigenvalue weighted by atomic mass is 10.1. The van der Waals surface area contributed by atoms with Crippen molar-refractivity contribution in [2.75, 3.05) is 20.2 Å². The van der Waals surface area contributed by atoms with Crippen molar-refractivity contribution in [1.82, 2.24) is 5.32 Å². The first-order valence-electron chi connectivity index (χ1n) is 9.52. The number of halogens is 1. The van der Waals surface area contributed by atoms with Crippen LogP contribution in [0, 0.1) is 0 Å². The first kappa shape index (κ1) is 22.3. The van der Waals surface area contributed by atoms with Gasteiger partial charge in [-0.05, 0) is 72.6 Å². The zero-order valence-corrected chi connectivity index (χ0v) is 18.2.